The van der Waals surface area contributed by atoms with Crippen LogP contribution in [0.1, 0.15) is 63.5 Å². The number of nitriles is 1. The van der Waals surface area contributed by atoms with Crippen LogP contribution in [0, 0.1) is 23.1 Å². The lowest BCUT2D eigenvalue weighted by atomic mass is 9.67. The van der Waals surface area contributed by atoms with Gasteiger partial charge in [-0.25, -0.2) is 4.39 Å². The minimum atomic E-state index is -0.509. The molecule has 2 aromatic carbocycles. The maximum absolute atomic E-state index is 13.5. The second kappa shape index (κ2) is 10.0. The van der Waals surface area contributed by atoms with Crippen molar-refractivity contribution in [2.45, 2.75) is 70.4 Å². The summed E-state index contributed by atoms with van der Waals surface area (Å²) in [7, 11) is 0. The number of hydrogen-bond acceptors (Lipinski definition) is 2. The van der Waals surface area contributed by atoms with Crippen LogP contribution < -0.4 is 0 Å². The van der Waals surface area contributed by atoms with E-state index in [1.165, 1.54) is 30.5 Å². The smallest absolute Gasteiger partial charge is 0.123 e. The van der Waals surface area contributed by atoms with Crippen LogP contribution >= 0.6 is 0 Å². The average molecular weight is 393 g/mol. The summed E-state index contributed by atoms with van der Waals surface area (Å²) in [6, 6.07) is 20.4. The second-order valence-electron chi connectivity index (χ2n) is 8.51. The van der Waals surface area contributed by atoms with Gasteiger partial charge in [-0.15, -0.1) is 0 Å². The van der Waals surface area contributed by atoms with Crippen molar-refractivity contribution in [3.05, 3.63) is 71.5 Å². The third-order valence-electron chi connectivity index (χ3n) is 6.83. The first kappa shape index (κ1) is 21.5. The van der Waals surface area contributed by atoms with Crippen molar-refractivity contribution in [3.8, 4) is 6.07 Å². The van der Waals surface area contributed by atoms with Crippen LogP contribution in [0.25, 0.3) is 0 Å². The Morgan fingerprint density at radius 3 is 2.34 bits per heavy atom. The molecule has 0 radical (unpaired) electrons. The average Bonchev–Trinajstić information content (AvgIpc) is 3.30. The Morgan fingerprint density at radius 1 is 1.10 bits per heavy atom. The summed E-state index contributed by atoms with van der Waals surface area (Å²) in [6.07, 6.45) is 6.37. The summed E-state index contributed by atoms with van der Waals surface area (Å²) in [5, 5.41) is 10.3. The highest BCUT2D eigenvalue weighted by atomic mass is 19.1. The number of benzene rings is 2. The van der Waals surface area contributed by atoms with Crippen molar-refractivity contribution in [2.75, 3.05) is 6.54 Å². The van der Waals surface area contributed by atoms with E-state index in [0.29, 0.717) is 12.0 Å². The summed E-state index contributed by atoms with van der Waals surface area (Å²) in [6.45, 7) is 6.38. The largest absolute Gasteiger partial charge is 0.297 e. The Kier molecular flexibility index (Phi) is 7.45. The molecule has 1 aliphatic carbocycles. The van der Waals surface area contributed by atoms with Crippen molar-refractivity contribution in [3.63, 3.8) is 0 Å². The Bertz CT molecular complexity index is 790. The molecule has 3 rings (SSSR count). The zero-order valence-corrected chi connectivity index (χ0v) is 17.8. The normalized spacial score (nSPS) is 17.8. The maximum Gasteiger partial charge on any atom is 0.123 e. The van der Waals surface area contributed by atoms with Crippen molar-refractivity contribution in [1.29, 1.82) is 5.26 Å². The van der Waals surface area contributed by atoms with E-state index >= 15 is 0 Å². The third-order valence-corrected chi connectivity index (χ3v) is 6.83. The highest BCUT2D eigenvalue weighted by molar-refractivity contribution is 5.34. The molecule has 0 amide bonds. The van der Waals surface area contributed by atoms with Gasteiger partial charge in [-0.3, -0.25) is 4.90 Å². The summed E-state index contributed by atoms with van der Waals surface area (Å²) >= 11 is 0. The van der Waals surface area contributed by atoms with E-state index in [4.69, 9.17) is 0 Å². The first-order valence-corrected chi connectivity index (χ1v) is 11.0. The summed E-state index contributed by atoms with van der Waals surface area (Å²) < 4.78 is 13.5. The molecule has 154 valence electrons. The summed E-state index contributed by atoms with van der Waals surface area (Å²) in [4.78, 5) is 2.48. The third kappa shape index (κ3) is 5.06. The van der Waals surface area contributed by atoms with Crippen LogP contribution in [0.3, 0.4) is 0 Å². The van der Waals surface area contributed by atoms with Crippen LogP contribution in [0.5, 0.6) is 0 Å². The molecule has 2 aromatic rings. The van der Waals surface area contributed by atoms with Gasteiger partial charge in [0.2, 0.25) is 0 Å². The van der Waals surface area contributed by atoms with Gasteiger partial charge < -0.3 is 0 Å². The standard InChI is InChI=1S/C26H33FN2/c1-3-29(19-22-9-5-4-6-10-22)21(2)17-18-26(20-28,23-11-7-8-12-23)24-13-15-25(27)16-14-24/h4-6,9-10,13-16,21,23H,3,7-8,11-12,17-19H2,1-2H3. The van der Waals surface area contributed by atoms with Gasteiger partial charge in [-0.05, 0) is 68.3 Å². The first-order chi connectivity index (χ1) is 14.1. The molecule has 2 unspecified atom stereocenters. The van der Waals surface area contributed by atoms with E-state index in [-0.39, 0.29) is 5.82 Å². The zero-order valence-electron chi connectivity index (χ0n) is 17.8. The lowest BCUT2D eigenvalue weighted by molar-refractivity contribution is 0.183. The van der Waals surface area contributed by atoms with Gasteiger partial charge in [-0.2, -0.15) is 5.26 Å². The monoisotopic (exact) mass is 392 g/mol. The zero-order chi connectivity index (χ0) is 20.7. The number of rotatable bonds is 9. The molecule has 1 aliphatic rings. The minimum Gasteiger partial charge on any atom is -0.297 e. The van der Waals surface area contributed by atoms with Gasteiger partial charge in [0.1, 0.15) is 5.82 Å². The Balaban J connectivity index is 1.76. The molecule has 0 heterocycles. The number of hydrogen-bond donors (Lipinski definition) is 0. The van der Waals surface area contributed by atoms with E-state index in [2.05, 4.69) is 55.1 Å². The summed E-state index contributed by atoms with van der Waals surface area (Å²) in [5.74, 6) is 0.134. The first-order valence-electron chi connectivity index (χ1n) is 11.0. The predicted molar refractivity (Wildman–Crippen MR) is 117 cm³/mol. The fourth-order valence-corrected chi connectivity index (χ4v) is 4.98. The van der Waals surface area contributed by atoms with Crippen LogP contribution in [-0.4, -0.2) is 17.5 Å². The lowest BCUT2D eigenvalue weighted by Crippen LogP contribution is -2.37. The Labute approximate surface area is 175 Å². The second-order valence-corrected chi connectivity index (χ2v) is 8.51. The molecule has 2 nitrogen and oxygen atoms in total. The minimum absolute atomic E-state index is 0.236. The fraction of sp³-hybridized carbons (Fsp3) is 0.500. The Hall–Kier alpha value is -2.18. The van der Waals surface area contributed by atoms with Gasteiger partial charge in [0.15, 0.2) is 0 Å². The highest BCUT2D eigenvalue weighted by Gasteiger charge is 2.42. The number of halogens is 1. The van der Waals surface area contributed by atoms with E-state index < -0.39 is 5.41 Å². The van der Waals surface area contributed by atoms with E-state index in [9.17, 15) is 9.65 Å². The van der Waals surface area contributed by atoms with E-state index in [1.54, 1.807) is 0 Å². The molecule has 0 aliphatic heterocycles. The molecular formula is C26H33FN2. The van der Waals surface area contributed by atoms with E-state index in [1.807, 2.05) is 12.1 Å². The van der Waals surface area contributed by atoms with Gasteiger partial charge >= 0.3 is 0 Å². The molecule has 0 bridgehead atoms. The van der Waals surface area contributed by atoms with Crippen molar-refractivity contribution in [2.24, 2.45) is 5.92 Å². The van der Waals surface area contributed by atoms with Crippen LogP contribution in [0.15, 0.2) is 54.6 Å². The van der Waals surface area contributed by atoms with Gasteiger partial charge in [0, 0.05) is 12.6 Å². The maximum atomic E-state index is 13.5. The Morgan fingerprint density at radius 2 is 1.76 bits per heavy atom. The van der Waals surface area contributed by atoms with Crippen LogP contribution in [0.4, 0.5) is 4.39 Å². The lowest BCUT2D eigenvalue weighted by Gasteiger charge is -2.36. The molecule has 0 saturated heterocycles. The summed E-state index contributed by atoms with van der Waals surface area (Å²) in [5.41, 5.74) is 1.80. The molecule has 2 atom stereocenters. The van der Waals surface area contributed by atoms with Gasteiger partial charge in [0.25, 0.3) is 0 Å². The number of nitrogens with zero attached hydrogens (tertiary/aromatic N) is 2. The van der Waals surface area contributed by atoms with Crippen molar-refractivity contribution < 1.29 is 4.39 Å². The fourth-order valence-electron chi connectivity index (χ4n) is 4.98. The molecule has 0 spiro atoms. The molecule has 1 fully saturated rings. The van der Waals surface area contributed by atoms with Gasteiger partial charge in [0.05, 0.1) is 11.5 Å². The molecule has 29 heavy (non-hydrogen) atoms. The quantitative estimate of drug-likeness (QED) is 0.489. The topological polar surface area (TPSA) is 27.0 Å². The predicted octanol–water partition coefficient (Wildman–Crippen LogP) is 6.47. The highest BCUT2D eigenvalue weighted by Crippen LogP contribution is 2.45. The van der Waals surface area contributed by atoms with Crippen molar-refractivity contribution in [1.82, 2.24) is 4.90 Å². The van der Waals surface area contributed by atoms with Gasteiger partial charge in [-0.1, -0.05) is 62.2 Å². The van der Waals surface area contributed by atoms with Crippen LogP contribution in [0.2, 0.25) is 0 Å². The van der Waals surface area contributed by atoms with E-state index in [0.717, 1.165) is 44.3 Å². The molecule has 3 heteroatoms. The van der Waals surface area contributed by atoms with Crippen LogP contribution in [-0.2, 0) is 12.0 Å². The molecule has 1 saturated carbocycles. The molecule has 0 N–H and O–H groups in total. The SMILES string of the molecule is CCN(Cc1ccccc1)C(C)CCC(C#N)(c1ccc(F)cc1)C1CCCC1. The van der Waals surface area contributed by atoms with Crippen molar-refractivity contribution >= 4 is 0 Å². The molecular weight excluding hydrogens is 359 g/mol. The molecule has 0 aromatic heterocycles.